The van der Waals surface area contributed by atoms with Crippen LogP contribution in [0.2, 0.25) is 0 Å². The maximum atomic E-state index is 12.8. The Bertz CT molecular complexity index is 484. The summed E-state index contributed by atoms with van der Waals surface area (Å²) in [6, 6.07) is 9.60. The number of piperazine rings is 1. The summed E-state index contributed by atoms with van der Waals surface area (Å²) < 4.78 is 0. The van der Waals surface area contributed by atoms with Gasteiger partial charge in [-0.05, 0) is 12.6 Å². The van der Waals surface area contributed by atoms with Gasteiger partial charge in [-0.25, -0.2) is 0 Å². The summed E-state index contributed by atoms with van der Waals surface area (Å²) in [5.41, 5.74) is 1.07. The van der Waals surface area contributed by atoms with Crippen LogP contribution in [-0.4, -0.2) is 73.2 Å². The molecule has 0 aliphatic carbocycles. The van der Waals surface area contributed by atoms with Gasteiger partial charge in [0.05, 0.1) is 6.61 Å². The number of aliphatic hydroxyl groups is 1. The number of rotatable bonds is 6. The molecule has 1 amide bonds. The molecule has 1 unspecified atom stereocenters. The molecule has 1 aromatic carbocycles. The minimum absolute atomic E-state index is 0.0427. The molecule has 1 heterocycles. The van der Waals surface area contributed by atoms with E-state index in [-0.39, 0.29) is 18.6 Å². The highest BCUT2D eigenvalue weighted by molar-refractivity contribution is 5.85. The fourth-order valence-electron chi connectivity index (χ4n) is 2.55. The Balaban J connectivity index is 2.11. The average molecular weight is 303 g/mol. The fraction of sp³-hybridized carbons (Fsp3) is 0.471. The van der Waals surface area contributed by atoms with Gasteiger partial charge in [-0.2, -0.15) is 0 Å². The van der Waals surface area contributed by atoms with Crippen molar-refractivity contribution in [1.82, 2.24) is 15.1 Å². The van der Waals surface area contributed by atoms with E-state index < -0.39 is 0 Å². The highest BCUT2D eigenvalue weighted by Crippen LogP contribution is 2.09. The summed E-state index contributed by atoms with van der Waals surface area (Å²) in [5, 5.41) is 12.4. The lowest BCUT2D eigenvalue weighted by molar-refractivity contribution is -0.135. The second kappa shape index (κ2) is 8.68. The van der Waals surface area contributed by atoms with Gasteiger partial charge in [0.15, 0.2) is 0 Å². The first-order valence-corrected chi connectivity index (χ1v) is 7.76. The van der Waals surface area contributed by atoms with Crippen LogP contribution in [0.25, 0.3) is 6.08 Å². The number of nitrogens with zero attached hydrogens (tertiary/aromatic N) is 2. The average Bonchev–Trinajstić information content (AvgIpc) is 2.57. The summed E-state index contributed by atoms with van der Waals surface area (Å²) in [7, 11) is 1.87. The van der Waals surface area contributed by atoms with Crippen LogP contribution in [0.15, 0.2) is 36.4 Å². The Morgan fingerprint density at radius 1 is 1.36 bits per heavy atom. The van der Waals surface area contributed by atoms with E-state index in [1.54, 1.807) is 0 Å². The lowest BCUT2D eigenvalue weighted by Gasteiger charge is -2.33. The van der Waals surface area contributed by atoms with Gasteiger partial charge in [0.2, 0.25) is 5.91 Å². The Morgan fingerprint density at radius 2 is 2.05 bits per heavy atom. The van der Waals surface area contributed by atoms with E-state index in [9.17, 15) is 4.79 Å². The maximum Gasteiger partial charge on any atom is 0.243 e. The summed E-state index contributed by atoms with van der Waals surface area (Å²) in [6.45, 7) is 3.67. The van der Waals surface area contributed by atoms with E-state index in [0.717, 1.165) is 31.7 Å². The molecule has 2 N–H and O–H groups in total. The van der Waals surface area contributed by atoms with Gasteiger partial charge in [-0.1, -0.05) is 42.5 Å². The first-order valence-electron chi connectivity index (χ1n) is 7.76. The lowest BCUT2D eigenvalue weighted by Crippen LogP contribution is -2.53. The van der Waals surface area contributed by atoms with Crippen molar-refractivity contribution in [2.45, 2.75) is 6.04 Å². The zero-order chi connectivity index (χ0) is 15.8. The van der Waals surface area contributed by atoms with Gasteiger partial charge < -0.3 is 15.3 Å². The van der Waals surface area contributed by atoms with Crippen LogP contribution in [0.5, 0.6) is 0 Å². The Kier molecular flexibility index (Phi) is 6.58. The van der Waals surface area contributed by atoms with E-state index in [1.165, 1.54) is 0 Å². The van der Waals surface area contributed by atoms with Crippen molar-refractivity contribution in [3.05, 3.63) is 42.0 Å². The summed E-state index contributed by atoms with van der Waals surface area (Å²) in [6.07, 6.45) is 3.90. The molecule has 0 bridgehead atoms. The highest BCUT2D eigenvalue weighted by Gasteiger charge is 2.26. The molecule has 1 aliphatic heterocycles. The van der Waals surface area contributed by atoms with Crippen molar-refractivity contribution in [3.63, 3.8) is 0 Å². The van der Waals surface area contributed by atoms with Crippen molar-refractivity contribution < 1.29 is 9.90 Å². The molecule has 0 saturated carbocycles. The molecule has 0 aromatic heterocycles. The molecule has 2 rings (SSSR count). The monoisotopic (exact) mass is 303 g/mol. The van der Waals surface area contributed by atoms with Crippen LogP contribution in [0.4, 0.5) is 0 Å². The minimum atomic E-state index is -0.342. The van der Waals surface area contributed by atoms with Gasteiger partial charge in [-0.15, -0.1) is 0 Å². The number of nitrogens with one attached hydrogen (secondary N) is 1. The topological polar surface area (TPSA) is 55.8 Å². The molecule has 1 aromatic rings. The number of likely N-dealkylation sites (N-methyl/N-ethyl adjacent to an activating group) is 1. The molecule has 120 valence electrons. The molecule has 1 atom stereocenters. The number of aliphatic hydroxyl groups excluding tert-OH is 1. The van der Waals surface area contributed by atoms with E-state index in [4.69, 9.17) is 5.11 Å². The standard InChI is InChI=1S/C17H25N3O2/c1-19(13-14-21)16(8-7-15-5-3-2-4-6-15)17(22)20-11-9-18-10-12-20/h2-8,16,18,21H,9-14H2,1H3/b8-7-. The third-order valence-electron chi connectivity index (χ3n) is 3.88. The molecular weight excluding hydrogens is 278 g/mol. The van der Waals surface area contributed by atoms with Crippen molar-refractivity contribution in [1.29, 1.82) is 0 Å². The predicted octanol–water partition coefficient (Wildman–Crippen LogP) is 0.424. The normalized spacial score (nSPS) is 17.1. The number of carbonyl (C=O) groups excluding carboxylic acids is 1. The van der Waals surface area contributed by atoms with Crippen LogP contribution >= 0.6 is 0 Å². The number of benzene rings is 1. The summed E-state index contributed by atoms with van der Waals surface area (Å²) in [4.78, 5) is 16.5. The highest BCUT2D eigenvalue weighted by atomic mass is 16.3. The number of amides is 1. The first-order chi connectivity index (χ1) is 10.7. The van der Waals surface area contributed by atoms with Crippen LogP contribution in [0.1, 0.15) is 5.56 Å². The van der Waals surface area contributed by atoms with Gasteiger partial charge in [0.25, 0.3) is 0 Å². The zero-order valence-electron chi connectivity index (χ0n) is 13.1. The van der Waals surface area contributed by atoms with Gasteiger partial charge in [0, 0.05) is 32.7 Å². The van der Waals surface area contributed by atoms with Crippen LogP contribution in [0.3, 0.4) is 0 Å². The Morgan fingerprint density at radius 3 is 2.68 bits per heavy atom. The largest absolute Gasteiger partial charge is 0.395 e. The third-order valence-corrected chi connectivity index (χ3v) is 3.88. The summed E-state index contributed by atoms with van der Waals surface area (Å²) in [5.74, 6) is 0.102. The molecule has 1 aliphatic rings. The van der Waals surface area contributed by atoms with Crippen molar-refractivity contribution in [2.24, 2.45) is 0 Å². The van der Waals surface area contributed by atoms with E-state index in [2.05, 4.69) is 5.32 Å². The lowest BCUT2D eigenvalue weighted by atomic mass is 10.1. The van der Waals surface area contributed by atoms with Gasteiger partial charge >= 0.3 is 0 Å². The Hall–Kier alpha value is -1.69. The molecular formula is C17H25N3O2. The fourth-order valence-corrected chi connectivity index (χ4v) is 2.55. The minimum Gasteiger partial charge on any atom is -0.395 e. The second-order valence-electron chi connectivity index (χ2n) is 5.49. The molecule has 0 radical (unpaired) electrons. The number of carbonyl (C=O) groups is 1. The molecule has 1 saturated heterocycles. The van der Waals surface area contributed by atoms with Crippen LogP contribution < -0.4 is 5.32 Å². The SMILES string of the molecule is CN(CCO)C(/C=C\c1ccccc1)C(=O)N1CCNCC1. The van der Waals surface area contributed by atoms with E-state index in [1.807, 2.05) is 59.3 Å². The molecule has 5 heteroatoms. The molecule has 0 spiro atoms. The molecule has 1 fully saturated rings. The van der Waals surface area contributed by atoms with E-state index >= 15 is 0 Å². The smallest absolute Gasteiger partial charge is 0.243 e. The van der Waals surface area contributed by atoms with Crippen molar-refractivity contribution >= 4 is 12.0 Å². The quantitative estimate of drug-likeness (QED) is 0.800. The second-order valence-corrected chi connectivity index (χ2v) is 5.49. The van der Waals surface area contributed by atoms with E-state index in [0.29, 0.717) is 6.54 Å². The van der Waals surface area contributed by atoms with Crippen LogP contribution in [-0.2, 0) is 4.79 Å². The molecule has 5 nitrogen and oxygen atoms in total. The third kappa shape index (κ3) is 4.66. The van der Waals surface area contributed by atoms with Crippen molar-refractivity contribution in [2.75, 3.05) is 46.4 Å². The summed E-state index contributed by atoms with van der Waals surface area (Å²) >= 11 is 0. The number of hydrogen-bond donors (Lipinski definition) is 2. The van der Waals surface area contributed by atoms with Gasteiger partial charge in [-0.3, -0.25) is 9.69 Å². The maximum absolute atomic E-state index is 12.8. The van der Waals surface area contributed by atoms with Crippen LogP contribution in [0, 0.1) is 0 Å². The zero-order valence-corrected chi connectivity index (χ0v) is 13.1. The van der Waals surface area contributed by atoms with Gasteiger partial charge in [0.1, 0.15) is 6.04 Å². The predicted molar refractivity (Wildman–Crippen MR) is 88.4 cm³/mol. The molecule has 22 heavy (non-hydrogen) atoms. The first kappa shape index (κ1) is 16.7. The number of hydrogen-bond acceptors (Lipinski definition) is 4. The Labute approximate surface area is 132 Å². The van der Waals surface area contributed by atoms with Crippen molar-refractivity contribution in [3.8, 4) is 0 Å².